The Kier molecular flexibility index (Phi) is 4.57. The average molecular weight is 327 g/mol. The summed E-state index contributed by atoms with van der Waals surface area (Å²) in [5, 5.41) is 5.92. The number of rotatable bonds is 4. The zero-order chi connectivity index (χ0) is 17.2. The van der Waals surface area contributed by atoms with Crippen molar-refractivity contribution in [2.45, 2.75) is 12.7 Å². The van der Waals surface area contributed by atoms with Gasteiger partial charge >= 0.3 is 6.18 Å². The van der Waals surface area contributed by atoms with E-state index in [-0.39, 0.29) is 23.7 Å². The van der Waals surface area contributed by atoms with Gasteiger partial charge in [-0.1, -0.05) is 0 Å². The molecule has 2 heterocycles. The van der Waals surface area contributed by atoms with E-state index in [1.165, 1.54) is 32.6 Å². The Morgan fingerprint density at radius 1 is 1.43 bits per heavy atom. The second kappa shape index (κ2) is 6.27. The molecule has 124 valence electrons. The molecule has 0 aliphatic rings. The first-order valence-electron chi connectivity index (χ1n) is 6.71. The lowest BCUT2D eigenvalue weighted by Gasteiger charge is -2.20. The van der Waals surface area contributed by atoms with Gasteiger partial charge < -0.3 is 10.2 Å². The van der Waals surface area contributed by atoms with Crippen molar-refractivity contribution >= 4 is 11.6 Å². The fraction of sp³-hybridized carbons (Fsp3) is 0.357. The number of aromatic nitrogens is 3. The predicted octanol–water partition coefficient (Wildman–Crippen LogP) is 1.83. The Hall–Kier alpha value is -2.58. The lowest BCUT2D eigenvalue weighted by molar-refractivity contribution is -0.142. The topological polar surface area (TPSA) is 63.1 Å². The summed E-state index contributed by atoms with van der Waals surface area (Å²) in [7, 11) is 4.55. The number of alkyl halides is 3. The van der Waals surface area contributed by atoms with E-state index in [0.717, 1.165) is 4.68 Å². The monoisotopic (exact) mass is 327 g/mol. The maximum atomic E-state index is 13.0. The van der Waals surface area contributed by atoms with Crippen molar-refractivity contribution in [1.29, 1.82) is 0 Å². The molecule has 6 nitrogen and oxygen atoms in total. The minimum absolute atomic E-state index is 0.000118. The fourth-order valence-electron chi connectivity index (χ4n) is 2.15. The van der Waals surface area contributed by atoms with Crippen molar-refractivity contribution in [1.82, 2.24) is 20.1 Å². The van der Waals surface area contributed by atoms with Crippen molar-refractivity contribution in [3.05, 3.63) is 41.5 Å². The van der Waals surface area contributed by atoms with Gasteiger partial charge in [-0.3, -0.25) is 14.5 Å². The van der Waals surface area contributed by atoms with Crippen LogP contribution in [-0.2, 0) is 19.8 Å². The van der Waals surface area contributed by atoms with Gasteiger partial charge in [0.2, 0.25) is 0 Å². The number of carbonyl (C=O) groups is 1. The van der Waals surface area contributed by atoms with Crippen molar-refractivity contribution in [2.24, 2.45) is 7.05 Å². The first-order valence-corrected chi connectivity index (χ1v) is 6.71. The quantitative estimate of drug-likeness (QED) is 0.931. The molecular weight excluding hydrogens is 311 g/mol. The number of hydrogen-bond acceptors (Lipinski definition) is 4. The molecule has 0 aliphatic carbocycles. The Morgan fingerprint density at radius 3 is 2.74 bits per heavy atom. The zero-order valence-corrected chi connectivity index (χ0v) is 12.8. The average Bonchev–Trinajstić information content (AvgIpc) is 2.87. The summed E-state index contributed by atoms with van der Waals surface area (Å²) in [6.45, 7) is -0.000118. The summed E-state index contributed by atoms with van der Waals surface area (Å²) in [6, 6.07) is 3.14. The van der Waals surface area contributed by atoms with Gasteiger partial charge in [0.05, 0.1) is 0 Å². The molecule has 0 unspecified atom stereocenters. The third kappa shape index (κ3) is 3.79. The molecule has 2 aromatic rings. The van der Waals surface area contributed by atoms with Crippen LogP contribution in [0.1, 0.15) is 21.7 Å². The van der Waals surface area contributed by atoms with E-state index in [0.29, 0.717) is 5.69 Å². The molecule has 2 aromatic heterocycles. The molecule has 23 heavy (non-hydrogen) atoms. The van der Waals surface area contributed by atoms with Gasteiger partial charge in [0.1, 0.15) is 5.69 Å². The second-order valence-corrected chi connectivity index (χ2v) is 5.01. The molecule has 2 rings (SSSR count). The third-order valence-electron chi connectivity index (χ3n) is 3.22. The lowest BCUT2D eigenvalue weighted by atomic mass is 10.2. The maximum absolute atomic E-state index is 13.0. The minimum atomic E-state index is -4.51. The van der Waals surface area contributed by atoms with Crippen molar-refractivity contribution in [3.8, 4) is 0 Å². The molecule has 0 saturated heterocycles. The van der Waals surface area contributed by atoms with Gasteiger partial charge in [-0.2, -0.15) is 18.3 Å². The van der Waals surface area contributed by atoms with E-state index in [4.69, 9.17) is 0 Å². The third-order valence-corrected chi connectivity index (χ3v) is 3.22. The van der Waals surface area contributed by atoms with Crippen molar-refractivity contribution in [2.75, 3.05) is 19.0 Å². The molecule has 0 radical (unpaired) electrons. The molecule has 0 aliphatic heterocycles. The number of nitrogens with zero attached hydrogens (tertiary/aromatic N) is 4. The number of halogens is 3. The lowest BCUT2D eigenvalue weighted by Crippen LogP contribution is -2.22. The van der Waals surface area contributed by atoms with E-state index in [2.05, 4.69) is 15.4 Å². The van der Waals surface area contributed by atoms with Crippen LogP contribution in [0.15, 0.2) is 24.5 Å². The van der Waals surface area contributed by atoms with Crippen LogP contribution in [0.5, 0.6) is 0 Å². The number of amides is 1. The van der Waals surface area contributed by atoms with E-state index < -0.39 is 11.9 Å². The molecule has 0 fully saturated rings. The SMILES string of the molecule is CNC(=O)c1cc(N(C)Cc2cn(C)nc2C(F)(F)F)ccn1. The number of anilines is 1. The number of pyridine rings is 1. The normalized spacial score (nSPS) is 11.4. The van der Waals surface area contributed by atoms with E-state index in [9.17, 15) is 18.0 Å². The van der Waals surface area contributed by atoms with Crippen LogP contribution in [0, 0.1) is 0 Å². The highest BCUT2D eigenvalue weighted by molar-refractivity contribution is 5.92. The van der Waals surface area contributed by atoms with Crippen LogP contribution in [0.3, 0.4) is 0 Å². The van der Waals surface area contributed by atoms with Gasteiger partial charge in [-0.05, 0) is 12.1 Å². The van der Waals surface area contributed by atoms with Crippen LogP contribution in [0.2, 0.25) is 0 Å². The Labute approximate surface area is 130 Å². The molecule has 0 spiro atoms. The zero-order valence-electron chi connectivity index (χ0n) is 12.8. The Balaban J connectivity index is 2.26. The molecule has 1 amide bonds. The Bertz CT molecular complexity index is 711. The summed E-state index contributed by atoms with van der Waals surface area (Å²) in [5.74, 6) is -0.363. The Morgan fingerprint density at radius 2 is 2.13 bits per heavy atom. The van der Waals surface area contributed by atoms with E-state index in [1.54, 1.807) is 18.0 Å². The largest absolute Gasteiger partial charge is 0.435 e. The van der Waals surface area contributed by atoms with Gasteiger partial charge in [0.15, 0.2) is 5.69 Å². The second-order valence-electron chi connectivity index (χ2n) is 5.01. The molecule has 0 bridgehead atoms. The van der Waals surface area contributed by atoms with E-state index >= 15 is 0 Å². The van der Waals surface area contributed by atoms with E-state index in [1.807, 2.05) is 0 Å². The highest BCUT2D eigenvalue weighted by atomic mass is 19.4. The predicted molar refractivity (Wildman–Crippen MR) is 77.9 cm³/mol. The highest BCUT2D eigenvalue weighted by Gasteiger charge is 2.37. The fourth-order valence-corrected chi connectivity index (χ4v) is 2.15. The molecule has 9 heteroatoms. The van der Waals surface area contributed by atoms with Crippen LogP contribution in [0.25, 0.3) is 0 Å². The first-order chi connectivity index (χ1) is 10.7. The first kappa shape index (κ1) is 16.8. The van der Waals surface area contributed by atoms with Gasteiger partial charge in [0.25, 0.3) is 5.91 Å². The summed E-state index contributed by atoms with van der Waals surface area (Å²) in [4.78, 5) is 17.1. The number of hydrogen-bond donors (Lipinski definition) is 1. The molecule has 0 saturated carbocycles. The van der Waals surface area contributed by atoms with Gasteiger partial charge in [0, 0.05) is 51.3 Å². The van der Waals surface area contributed by atoms with Crippen LogP contribution in [-0.4, -0.2) is 34.8 Å². The standard InChI is InChI=1S/C14H16F3N5O/c1-18-13(23)11-6-10(4-5-19-11)21(2)7-9-8-22(3)20-12(9)14(15,16)17/h4-6,8H,7H2,1-3H3,(H,18,23). The maximum Gasteiger partial charge on any atom is 0.435 e. The van der Waals surface area contributed by atoms with Crippen LogP contribution in [0.4, 0.5) is 18.9 Å². The van der Waals surface area contributed by atoms with Crippen LogP contribution >= 0.6 is 0 Å². The summed E-state index contributed by atoms with van der Waals surface area (Å²) in [5.41, 5.74) is -0.0807. The summed E-state index contributed by atoms with van der Waals surface area (Å²) >= 11 is 0. The van der Waals surface area contributed by atoms with Crippen molar-refractivity contribution < 1.29 is 18.0 Å². The molecule has 0 aromatic carbocycles. The van der Waals surface area contributed by atoms with Gasteiger partial charge in [-0.25, -0.2) is 0 Å². The molecule has 1 N–H and O–H groups in total. The number of nitrogens with one attached hydrogen (secondary N) is 1. The number of carbonyl (C=O) groups excluding carboxylic acids is 1. The van der Waals surface area contributed by atoms with Crippen LogP contribution < -0.4 is 10.2 Å². The summed E-state index contributed by atoms with van der Waals surface area (Å²) in [6.07, 6.45) is -1.74. The smallest absolute Gasteiger partial charge is 0.370 e. The van der Waals surface area contributed by atoms with Crippen molar-refractivity contribution in [3.63, 3.8) is 0 Å². The van der Waals surface area contributed by atoms with Gasteiger partial charge in [-0.15, -0.1) is 0 Å². The summed E-state index contributed by atoms with van der Waals surface area (Å²) < 4.78 is 40.1. The molecular formula is C14H16F3N5O. The minimum Gasteiger partial charge on any atom is -0.370 e. The molecule has 0 atom stereocenters. The number of aryl methyl sites for hydroxylation is 1. The highest BCUT2D eigenvalue weighted by Crippen LogP contribution is 2.31.